The Hall–Kier alpha value is -2.86. The average molecular weight is 509 g/mol. The van der Waals surface area contributed by atoms with Crippen LogP contribution in [0.2, 0.25) is 0 Å². The van der Waals surface area contributed by atoms with Crippen molar-refractivity contribution in [3.63, 3.8) is 0 Å². The number of sulfonamides is 1. The summed E-state index contributed by atoms with van der Waals surface area (Å²) in [5.41, 5.74) is 1.37. The van der Waals surface area contributed by atoms with Gasteiger partial charge >= 0.3 is 5.97 Å². The van der Waals surface area contributed by atoms with Crippen molar-refractivity contribution in [3.05, 3.63) is 29.8 Å². The van der Waals surface area contributed by atoms with Crippen molar-refractivity contribution in [2.45, 2.75) is 51.1 Å². The fourth-order valence-corrected chi connectivity index (χ4v) is 5.47. The molecule has 2 heterocycles. The topological polar surface area (TPSA) is 152 Å². The zero-order chi connectivity index (χ0) is 25.3. The summed E-state index contributed by atoms with van der Waals surface area (Å²) < 4.78 is 26.2. The van der Waals surface area contributed by atoms with Crippen molar-refractivity contribution in [2.75, 3.05) is 43.4 Å². The van der Waals surface area contributed by atoms with E-state index in [2.05, 4.69) is 30.6 Å². The number of nitrogens with zero attached hydrogens (tertiary/aromatic N) is 2. The number of amides is 1. The van der Waals surface area contributed by atoms with Crippen LogP contribution in [0.15, 0.2) is 29.3 Å². The molecule has 11 nitrogen and oxygen atoms in total. The van der Waals surface area contributed by atoms with E-state index in [0.29, 0.717) is 18.4 Å². The molecule has 0 spiro atoms. The second-order valence-corrected chi connectivity index (χ2v) is 10.8. The summed E-state index contributed by atoms with van der Waals surface area (Å²) in [7, 11) is -3.74. The number of piperidine rings is 1. The lowest BCUT2D eigenvalue weighted by molar-refractivity contribution is -0.138. The third kappa shape index (κ3) is 8.39. The predicted octanol–water partition coefficient (Wildman–Crippen LogP) is 0.497. The fraction of sp³-hybridized carbons (Fsp3) is 0.609. The molecule has 1 aromatic carbocycles. The number of nitrogens with one attached hydrogen (secondary N) is 4. The Kier molecular flexibility index (Phi) is 9.73. The highest BCUT2D eigenvalue weighted by molar-refractivity contribution is 7.89. The predicted molar refractivity (Wildman–Crippen MR) is 135 cm³/mol. The van der Waals surface area contributed by atoms with Crippen LogP contribution in [0.3, 0.4) is 0 Å². The molecule has 1 fully saturated rings. The zero-order valence-electron chi connectivity index (χ0n) is 20.1. The zero-order valence-corrected chi connectivity index (χ0v) is 20.9. The van der Waals surface area contributed by atoms with Crippen LogP contribution >= 0.6 is 0 Å². The Morgan fingerprint density at radius 1 is 1.26 bits per heavy atom. The van der Waals surface area contributed by atoms with E-state index < -0.39 is 27.9 Å². The summed E-state index contributed by atoms with van der Waals surface area (Å²) in [5.74, 6) is -1.10. The molecular formula is C23H36N6O5S. The Morgan fingerprint density at radius 3 is 2.69 bits per heavy atom. The standard InChI is InChI=1S/C23H36N6O5S/c1-2-3-14-35(33,34)28-20(22(31)32)15-26-21(30)17-7-9-19(10-8-17)29-13-4-6-18(16-29)27-23-24-11-5-12-25-23/h7-10,18,20,28H,2-6,11-16H2,1H3,(H,26,30)(H,31,32)(H2,24,25,27)/t18-,20-/m0/s1. The molecule has 1 amide bonds. The van der Waals surface area contributed by atoms with E-state index in [0.717, 1.165) is 57.1 Å². The number of benzene rings is 1. The van der Waals surface area contributed by atoms with Gasteiger partial charge in [-0.25, -0.2) is 8.42 Å². The Morgan fingerprint density at radius 2 is 2.03 bits per heavy atom. The molecule has 194 valence electrons. The molecule has 5 N–H and O–H groups in total. The molecule has 35 heavy (non-hydrogen) atoms. The van der Waals surface area contributed by atoms with Crippen molar-refractivity contribution in [3.8, 4) is 0 Å². The van der Waals surface area contributed by atoms with E-state index in [9.17, 15) is 23.1 Å². The molecule has 0 aliphatic carbocycles. The van der Waals surface area contributed by atoms with Crippen LogP contribution < -0.4 is 25.6 Å². The van der Waals surface area contributed by atoms with Crippen molar-refractivity contribution in [1.82, 2.24) is 20.7 Å². The Bertz CT molecular complexity index is 998. The number of carbonyl (C=O) groups excluding carboxylic acids is 1. The molecule has 0 saturated carbocycles. The number of anilines is 1. The average Bonchev–Trinajstić information content (AvgIpc) is 2.86. The summed E-state index contributed by atoms with van der Waals surface area (Å²) in [4.78, 5) is 30.8. The molecule has 2 atom stereocenters. The molecule has 0 radical (unpaired) electrons. The molecule has 3 rings (SSSR count). The quantitative estimate of drug-likeness (QED) is 0.290. The van der Waals surface area contributed by atoms with Gasteiger partial charge in [-0.2, -0.15) is 4.72 Å². The summed E-state index contributed by atoms with van der Waals surface area (Å²) in [6, 6.07) is 5.97. The molecule has 1 saturated heterocycles. The lowest BCUT2D eigenvalue weighted by atomic mass is 10.0. The number of rotatable bonds is 11. The third-order valence-corrected chi connectivity index (χ3v) is 7.48. The number of guanidine groups is 1. The number of unbranched alkanes of at least 4 members (excludes halogenated alkanes) is 1. The minimum Gasteiger partial charge on any atom is -0.480 e. The van der Waals surface area contributed by atoms with Crippen LogP contribution in [0.25, 0.3) is 0 Å². The number of hydrogen-bond acceptors (Lipinski definition) is 8. The van der Waals surface area contributed by atoms with Crippen molar-refractivity contribution in [2.24, 2.45) is 4.99 Å². The summed E-state index contributed by atoms with van der Waals surface area (Å²) in [5, 5.41) is 18.6. The van der Waals surface area contributed by atoms with Gasteiger partial charge in [0.05, 0.1) is 5.75 Å². The number of carboxylic acids is 1. The number of carbonyl (C=O) groups is 2. The monoisotopic (exact) mass is 508 g/mol. The first-order valence-corrected chi connectivity index (χ1v) is 13.8. The summed E-state index contributed by atoms with van der Waals surface area (Å²) >= 11 is 0. The van der Waals surface area contributed by atoms with E-state index in [4.69, 9.17) is 0 Å². The first-order chi connectivity index (χ1) is 16.8. The number of aliphatic carboxylic acids is 1. The minimum atomic E-state index is -3.74. The molecule has 0 bridgehead atoms. The van der Waals surface area contributed by atoms with Gasteiger partial charge in [0.2, 0.25) is 10.0 Å². The SMILES string of the molecule is CCCCS(=O)(=O)N[C@@H](CNC(=O)c1ccc(N2CCC[C@H](NC3=NCCCN3)C2)cc1)C(=O)O. The van der Waals surface area contributed by atoms with Crippen LogP contribution in [-0.2, 0) is 14.8 Å². The van der Waals surface area contributed by atoms with Gasteiger partial charge in [-0.3, -0.25) is 14.6 Å². The molecule has 1 aromatic rings. The van der Waals surface area contributed by atoms with Crippen molar-refractivity contribution in [1.29, 1.82) is 0 Å². The maximum Gasteiger partial charge on any atom is 0.323 e. The Balaban J connectivity index is 1.53. The molecule has 0 aromatic heterocycles. The van der Waals surface area contributed by atoms with E-state index in [1.54, 1.807) is 12.1 Å². The highest BCUT2D eigenvalue weighted by Crippen LogP contribution is 2.21. The van der Waals surface area contributed by atoms with E-state index in [-0.39, 0.29) is 18.3 Å². The normalized spacial score (nSPS) is 19.3. The largest absolute Gasteiger partial charge is 0.480 e. The van der Waals surface area contributed by atoms with Gasteiger partial charge in [0.15, 0.2) is 5.96 Å². The third-order valence-electron chi connectivity index (χ3n) is 6.01. The van der Waals surface area contributed by atoms with Crippen molar-refractivity contribution < 1.29 is 23.1 Å². The van der Waals surface area contributed by atoms with Gasteiger partial charge in [-0.15, -0.1) is 0 Å². The van der Waals surface area contributed by atoms with Crippen molar-refractivity contribution >= 4 is 33.5 Å². The van der Waals surface area contributed by atoms with Crippen LogP contribution in [-0.4, -0.2) is 81.9 Å². The maximum atomic E-state index is 12.5. The van der Waals surface area contributed by atoms with Gasteiger partial charge in [0.25, 0.3) is 5.91 Å². The van der Waals surface area contributed by atoms with Gasteiger partial charge in [-0.05, 0) is 49.9 Å². The summed E-state index contributed by atoms with van der Waals surface area (Å²) in [6.45, 7) is 5.02. The van der Waals surface area contributed by atoms with Gasteiger partial charge in [0.1, 0.15) is 6.04 Å². The van der Waals surface area contributed by atoms with Crippen LogP contribution in [0, 0.1) is 0 Å². The molecule has 0 unspecified atom stereocenters. The summed E-state index contributed by atoms with van der Waals surface area (Å²) in [6.07, 6.45) is 4.25. The van der Waals surface area contributed by atoms with Crippen LogP contribution in [0.1, 0.15) is 49.4 Å². The number of hydrogen-bond donors (Lipinski definition) is 5. The highest BCUT2D eigenvalue weighted by Gasteiger charge is 2.25. The van der Waals surface area contributed by atoms with E-state index >= 15 is 0 Å². The lowest BCUT2D eigenvalue weighted by Crippen LogP contribution is -2.52. The van der Waals surface area contributed by atoms with E-state index in [1.165, 1.54) is 0 Å². The molecule has 12 heteroatoms. The van der Waals surface area contributed by atoms with Gasteiger partial charge in [0, 0.05) is 50.0 Å². The Labute approximate surface area is 206 Å². The first kappa shape index (κ1) is 26.7. The second kappa shape index (κ2) is 12.7. The second-order valence-electron chi connectivity index (χ2n) is 8.88. The fourth-order valence-electron chi connectivity index (χ4n) is 4.06. The first-order valence-electron chi connectivity index (χ1n) is 12.2. The molecule has 2 aliphatic heterocycles. The molecule has 2 aliphatic rings. The van der Waals surface area contributed by atoms with E-state index in [1.807, 2.05) is 19.1 Å². The molecular weight excluding hydrogens is 472 g/mol. The highest BCUT2D eigenvalue weighted by atomic mass is 32.2. The van der Waals surface area contributed by atoms with Gasteiger partial charge < -0.3 is 26.0 Å². The number of aliphatic imine (C=N–C) groups is 1. The smallest absolute Gasteiger partial charge is 0.323 e. The lowest BCUT2D eigenvalue weighted by Gasteiger charge is -2.35. The van der Waals surface area contributed by atoms with Crippen LogP contribution in [0.5, 0.6) is 0 Å². The minimum absolute atomic E-state index is 0.153. The van der Waals surface area contributed by atoms with Crippen LogP contribution in [0.4, 0.5) is 5.69 Å². The van der Waals surface area contributed by atoms with Gasteiger partial charge in [-0.1, -0.05) is 13.3 Å². The maximum absolute atomic E-state index is 12.5. The number of carboxylic acid groups (broad SMARTS) is 1.